The third-order valence-corrected chi connectivity index (χ3v) is 4.42. The number of aliphatic hydroxyl groups excluding tert-OH is 1. The lowest BCUT2D eigenvalue weighted by atomic mass is 10.1. The average molecular weight is 412 g/mol. The Labute approximate surface area is 182 Å². The van der Waals surface area contributed by atoms with E-state index in [9.17, 15) is 9.90 Å². The number of benzene rings is 3. The lowest BCUT2D eigenvalue weighted by molar-refractivity contribution is -0.110. The number of ketones is 1. The molecule has 4 nitrogen and oxygen atoms in total. The van der Waals surface area contributed by atoms with E-state index < -0.39 is 0 Å². The summed E-state index contributed by atoms with van der Waals surface area (Å²) < 4.78 is 10.9. The molecule has 0 saturated carbocycles. The van der Waals surface area contributed by atoms with Crippen LogP contribution in [-0.4, -0.2) is 18.0 Å². The zero-order chi connectivity index (χ0) is 21.9. The van der Waals surface area contributed by atoms with Gasteiger partial charge in [-0.15, -0.1) is 0 Å². The van der Waals surface area contributed by atoms with E-state index in [4.69, 9.17) is 9.47 Å². The summed E-state index contributed by atoms with van der Waals surface area (Å²) in [6.45, 7) is 0.503. The van der Waals surface area contributed by atoms with Gasteiger partial charge in [0.2, 0.25) is 0 Å². The van der Waals surface area contributed by atoms with E-state index in [-0.39, 0.29) is 11.5 Å². The minimum absolute atomic E-state index is 0.116. The molecule has 0 bridgehead atoms. The number of aliphatic hydroxyl groups is 1. The number of allylic oxidation sites excluding steroid dienone is 3. The van der Waals surface area contributed by atoms with Crippen molar-refractivity contribution in [2.24, 2.45) is 0 Å². The number of ether oxygens (including phenoxy) is 2. The normalized spacial score (nSPS) is 11.7. The first-order chi connectivity index (χ1) is 15.1. The summed E-state index contributed by atoms with van der Waals surface area (Å²) in [7, 11) is 1.60. The summed E-state index contributed by atoms with van der Waals surface area (Å²) in [5, 5.41) is 9.95. The lowest BCUT2D eigenvalue weighted by Gasteiger charge is -2.06. The van der Waals surface area contributed by atoms with Crippen LogP contribution in [0.1, 0.15) is 16.7 Å². The zero-order valence-electron chi connectivity index (χ0n) is 17.3. The van der Waals surface area contributed by atoms with Crippen LogP contribution in [0.2, 0.25) is 0 Å². The molecule has 0 radical (unpaired) electrons. The lowest BCUT2D eigenvalue weighted by Crippen LogP contribution is -1.94. The molecule has 0 spiro atoms. The van der Waals surface area contributed by atoms with Gasteiger partial charge in [-0.2, -0.15) is 0 Å². The first-order valence-electron chi connectivity index (χ1n) is 9.84. The minimum Gasteiger partial charge on any atom is -0.508 e. The summed E-state index contributed by atoms with van der Waals surface area (Å²) >= 11 is 0. The van der Waals surface area contributed by atoms with E-state index in [2.05, 4.69) is 0 Å². The van der Waals surface area contributed by atoms with Gasteiger partial charge in [0, 0.05) is 6.08 Å². The van der Waals surface area contributed by atoms with Crippen molar-refractivity contribution in [2.45, 2.75) is 6.61 Å². The largest absolute Gasteiger partial charge is 0.508 e. The maximum Gasteiger partial charge on any atom is 0.182 e. The van der Waals surface area contributed by atoms with Crippen LogP contribution in [0.25, 0.3) is 12.2 Å². The van der Waals surface area contributed by atoms with Crippen molar-refractivity contribution < 1.29 is 19.4 Å². The van der Waals surface area contributed by atoms with Gasteiger partial charge >= 0.3 is 0 Å². The monoisotopic (exact) mass is 412 g/mol. The number of hydrogen-bond acceptors (Lipinski definition) is 4. The van der Waals surface area contributed by atoms with Crippen molar-refractivity contribution in [3.63, 3.8) is 0 Å². The molecule has 0 heterocycles. The molecule has 0 saturated heterocycles. The molecule has 0 atom stereocenters. The van der Waals surface area contributed by atoms with Crippen molar-refractivity contribution in [3.8, 4) is 11.5 Å². The molecule has 3 rings (SSSR count). The highest BCUT2D eigenvalue weighted by Gasteiger charge is 1.98. The summed E-state index contributed by atoms with van der Waals surface area (Å²) in [5.74, 6) is 1.10. The number of rotatable bonds is 9. The van der Waals surface area contributed by atoms with Crippen LogP contribution >= 0.6 is 0 Å². The smallest absolute Gasteiger partial charge is 0.182 e. The van der Waals surface area contributed by atoms with Gasteiger partial charge in [-0.1, -0.05) is 66.7 Å². The number of carbonyl (C=O) groups is 1. The molecule has 1 N–H and O–H groups in total. The van der Waals surface area contributed by atoms with Gasteiger partial charge in [-0.25, -0.2) is 0 Å². The third kappa shape index (κ3) is 7.37. The maximum atomic E-state index is 12.0. The van der Waals surface area contributed by atoms with Crippen molar-refractivity contribution in [1.29, 1.82) is 0 Å². The second kappa shape index (κ2) is 11.2. The standard InChI is InChI=1S/C27H24O4/c1-30-26-15-9-21(10-16-26)7-13-24(28)19-25(29)14-8-22-11-17-27(18-12-22)31-20-23-5-3-2-4-6-23/h2-19,28H,20H2,1H3/b13-7+,14-8+,24-19-. The molecule has 0 aliphatic heterocycles. The number of methoxy groups -OCH3 is 1. The van der Waals surface area contributed by atoms with E-state index in [0.29, 0.717) is 6.61 Å². The van der Waals surface area contributed by atoms with Gasteiger partial charge in [0.1, 0.15) is 23.9 Å². The highest BCUT2D eigenvalue weighted by Crippen LogP contribution is 2.15. The fourth-order valence-electron chi connectivity index (χ4n) is 2.73. The highest BCUT2D eigenvalue weighted by atomic mass is 16.5. The highest BCUT2D eigenvalue weighted by molar-refractivity contribution is 6.02. The summed E-state index contributed by atoms with van der Waals surface area (Å²) in [6.07, 6.45) is 7.48. The van der Waals surface area contributed by atoms with Crippen molar-refractivity contribution >= 4 is 17.9 Å². The topological polar surface area (TPSA) is 55.8 Å². The Kier molecular flexibility index (Phi) is 7.83. The van der Waals surface area contributed by atoms with E-state index in [1.807, 2.05) is 78.9 Å². The molecule has 156 valence electrons. The second-order valence-electron chi connectivity index (χ2n) is 6.75. The Morgan fingerprint density at radius 3 is 2.00 bits per heavy atom. The molecule has 4 heteroatoms. The zero-order valence-corrected chi connectivity index (χ0v) is 17.3. The van der Waals surface area contributed by atoms with Crippen LogP contribution in [0, 0.1) is 0 Å². The van der Waals surface area contributed by atoms with Gasteiger partial charge in [0.05, 0.1) is 7.11 Å². The SMILES string of the molecule is COc1ccc(/C=C/C(O)=C/C(=O)/C=C/c2ccc(OCc3ccccc3)cc2)cc1. The molecule has 0 fully saturated rings. The van der Waals surface area contributed by atoms with Crippen molar-refractivity contribution in [1.82, 2.24) is 0 Å². The molecule has 0 amide bonds. The molecule has 0 aliphatic rings. The Hall–Kier alpha value is -4.05. The predicted molar refractivity (Wildman–Crippen MR) is 124 cm³/mol. The second-order valence-corrected chi connectivity index (χ2v) is 6.75. The van der Waals surface area contributed by atoms with Crippen LogP contribution < -0.4 is 9.47 Å². The fraction of sp³-hybridized carbons (Fsp3) is 0.0741. The number of carbonyl (C=O) groups excluding carboxylic acids is 1. The fourth-order valence-corrected chi connectivity index (χ4v) is 2.73. The Balaban J connectivity index is 1.51. The molecule has 3 aromatic rings. The third-order valence-electron chi connectivity index (χ3n) is 4.42. The molecular formula is C27H24O4. The maximum absolute atomic E-state index is 12.0. The minimum atomic E-state index is -0.304. The molecular weight excluding hydrogens is 388 g/mol. The summed E-state index contributed by atoms with van der Waals surface area (Å²) in [5.41, 5.74) is 2.85. The molecule has 3 aromatic carbocycles. The first kappa shape index (κ1) is 21.7. The van der Waals surface area contributed by atoms with E-state index in [0.717, 1.165) is 28.2 Å². The summed E-state index contributed by atoms with van der Waals surface area (Å²) in [4.78, 5) is 12.0. The quantitative estimate of drug-likeness (QED) is 0.266. The molecule has 31 heavy (non-hydrogen) atoms. The van der Waals surface area contributed by atoms with Crippen LogP contribution in [0.3, 0.4) is 0 Å². The van der Waals surface area contributed by atoms with Crippen LogP contribution in [0.4, 0.5) is 0 Å². The predicted octanol–water partition coefficient (Wildman–Crippen LogP) is 6.01. The van der Waals surface area contributed by atoms with Gasteiger partial charge in [-0.05, 0) is 53.1 Å². The van der Waals surface area contributed by atoms with Gasteiger partial charge in [0.25, 0.3) is 0 Å². The van der Waals surface area contributed by atoms with Crippen LogP contribution in [-0.2, 0) is 11.4 Å². The van der Waals surface area contributed by atoms with Crippen molar-refractivity contribution in [3.05, 3.63) is 120 Å². The molecule has 0 aliphatic carbocycles. The van der Waals surface area contributed by atoms with Gasteiger partial charge < -0.3 is 14.6 Å². The summed E-state index contributed by atoms with van der Waals surface area (Å²) in [6, 6.07) is 24.8. The average Bonchev–Trinajstić information content (AvgIpc) is 2.82. The van der Waals surface area contributed by atoms with E-state index in [1.165, 1.54) is 18.2 Å². The van der Waals surface area contributed by atoms with Crippen LogP contribution in [0.5, 0.6) is 11.5 Å². The van der Waals surface area contributed by atoms with E-state index >= 15 is 0 Å². The first-order valence-corrected chi connectivity index (χ1v) is 9.84. The number of hydrogen-bond donors (Lipinski definition) is 1. The van der Waals surface area contributed by atoms with Gasteiger partial charge in [-0.3, -0.25) is 4.79 Å². The Bertz CT molecular complexity index is 1060. The van der Waals surface area contributed by atoms with Gasteiger partial charge in [0.15, 0.2) is 5.78 Å². The molecule has 0 unspecified atom stereocenters. The Morgan fingerprint density at radius 2 is 1.39 bits per heavy atom. The van der Waals surface area contributed by atoms with Crippen LogP contribution in [0.15, 0.2) is 103 Å². The van der Waals surface area contributed by atoms with Crippen molar-refractivity contribution in [2.75, 3.05) is 7.11 Å². The Morgan fingerprint density at radius 1 is 0.806 bits per heavy atom. The van der Waals surface area contributed by atoms with E-state index in [1.54, 1.807) is 19.3 Å². The molecule has 0 aromatic heterocycles.